The monoisotopic (exact) mass is 406 g/mol. The molecule has 6 N–H and O–H groups in total. The van der Waals surface area contributed by atoms with E-state index in [4.69, 9.17) is 30.6 Å². The van der Waals surface area contributed by atoms with Crippen molar-refractivity contribution < 1.29 is 59.3 Å². The molecular weight excluding hydrogens is 384 g/mol. The number of carbonyl (C=O) groups excluding carboxylic acids is 4. The number of ketones is 2. The van der Waals surface area contributed by atoms with E-state index in [1.54, 1.807) is 0 Å². The van der Waals surface area contributed by atoms with Gasteiger partial charge in [0.15, 0.2) is 0 Å². The van der Waals surface area contributed by atoms with Gasteiger partial charge in [0.1, 0.15) is 0 Å². The second-order valence-electron chi connectivity index (χ2n) is 5.90. The summed E-state index contributed by atoms with van der Waals surface area (Å²) in [5.74, 6) is -12.6. The molecule has 0 bridgehead atoms. The van der Waals surface area contributed by atoms with Crippen molar-refractivity contribution >= 4 is 23.5 Å². The molecule has 0 aromatic carbocycles. The average molecular weight is 406 g/mol. The number of ether oxygens (including phenoxy) is 2. The summed E-state index contributed by atoms with van der Waals surface area (Å²) in [4.78, 5) is 46.7. The predicted molar refractivity (Wildman–Crippen MR) is 87.4 cm³/mol. The standard InChI is InChI=1S/C16H22O12/c1-7(2)11(19)13(15(21,22)23)27-9(17)5-6-10(18)28-14(16(24,25)26)12(20)8(3)4/h13-14,21-26H,1,3,5-6H2,2,4H3. The van der Waals surface area contributed by atoms with E-state index in [2.05, 4.69) is 22.6 Å². The van der Waals surface area contributed by atoms with Crippen molar-refractivity contribution in [2.75, 3.05) is 0 Å². The largest absolute Gasteiger partial charge is 0.445 e. The number of esters is 2. The molecule has 0 aromatic heterocycles. The Morgan fingerprint density at radius 1 is 0.714 bits per heavy atom. The van der Waals surface area contributed by atoms with Gasteiger partial charge in [0.2, 0.25) is 23.8 Å². The van der Waals surface area contributed by atoms with Gasteiger partial charge in [-0.25, -0.2) is 0 Å². The summed E-state index contributed by atoms with van der Waals surface area (Å²) in [6, 6.07) is 0. The highest BCUT2D eigenvalue weighted by Gasteiger charge is 2.43. The Bertz CT molecular complexity index is 606. The number of aliphatic hydroxyl groups is 6. The molecule has 2 atom stereocenters. The molecule has 0 fully saturated rings. The first-order valence-electron chi connectivity index (χ1n) is 7.61. The molecule has 0 rings (SSSR count). The molecule has 0 saturated carbocycles. The van der Waals surface area contributed by atoms with Crippen LogP contribution in [0.15, 0.2) is 24.3 Å². The summed E-state index contributed by atoms with van der Waals surface area (Å²) in [5.41, 5.74) is -0.546. The number of rotatable bonds is 11. The van der Waals surface area contributed by atoms with E-state index in [1.807, 2.05) is 0 Å². The number of hydrogen-bond acceptors (Lipinski definition) is 12. The Hall–Kier alpha value is -2.48. The van der Waals surface area contributed by atoms with E-state index >= 15 is 0 Å². The van der Waals surface area contributed by atoms with E-state index in [0.29, 0.717) is 0 Å². The fourth-order valence-electron chi connectivity index (χ4n) is 1.65. The fraction of sp³-hybridized carbons (Fsp3) is 0.500. The zero-order valence-corrected chi connectivity index (χ0v) is 15.1. The summed E-state index contributed by atoms with van der Waals surface area (Å²) in [5, 5.41) is 54.6. The maximum Gasteiger partial charge on any atom is 0.322 e. The van der Waals surface area contributed by atoms with Crippen LogP contribution in [-0.4, -0.2) is 78.3 Å². The lowest BCUT2D eigenvalue weighted by atomic mass is 10.1. The molecule has 0 aliphatic heterocycles. The second-order valence-corrected chi connectivity index (χ2v) is 5.90. The lowest BCUT2D eigenvalue weighted by molar-refractivity contribution is -0.347. The van der Waals surface area contributed by atoms with Gasteiger partial charge in [-0.2, -0.15) is 0 Å². The molecule has 12 nitrogen and oxygen atoms in total. The summed E-state index contributed by atoms with van der Waals surface area (Å²) >= 11 is 0. The smallest absolute Gasteiger partial charge is 0.322 e. The van der Waals surface area contributed by atoms with Gasteiger partial charge in [0.05, 0.1) is 12.8 Å². The van der Waals surface area contributed by atoms with E-state index in [1.165, 1.54) is 0 Å². The van der Waals surface area contributed by atoms with Crippen LogP contribution in [0.3, 0.4) is 0 Å². The first-order chi connectivity index (χ1) is 12.5. The first kappa shape index (κ1) is 25.5. The number of Topliss-reactive ketones (excluding diaryl/α,β-unsaturated/α-hetero) is 2. The summed E-state index contributed by atoms with van der Waals surface area (Å²) in [6.07, 6.45) is -6.55. The fourth-order valence-corrected chi connectivity index (χ4v) is 1.65. The predicted octanol–water partition coefficient (Wildman–Crippen LogP) is -2.86. The zero-order chi connectivity index (χ0) is 22.4. The third-order valence-electron chi connectivity index (χ3n) is 3.05. The van der Waals surface area contributed by atoms with Crippen LogP contribution in [0.1, 0.15) is 26.7 Å². The number of hydrogen-bond donors (Lipinski definition) is 6. The van der Waals surface area contributed by atoms with Crippen molar-refractivity contribution in [2.24, 2.45) is 0 Å². The molecule has 0 saturated heterocycles. The topological polar surface area (TPSA) is 208 Å². The average Bonchev–Trinajstić information content (AvgIpc) is 2.51. The molecule has 28 heavy (non-hydrogen) atoms. The SMILES string of the molecule is C=C(C)C(=O)C(OC(=O)CCC(=O)OC(C(=O)C(=C)C)C(O)(O)O)C(O)(O)O. The second kappa shape index (κ2) is 9.64. The molecular formula is C16H22O12. The normalized spacial score (nSPS) is 13.9. The van der Waals surface area contributed by atoms with Crippen molar-refractivity contribution in [3.63, 3.8) is 0 Å². The maximum absolute atomic E-state index is 11.7. The zero-order valence-electron chi connectivity index (χ0n) is 15.1. The maximum atomic E-state index is 11.7. The highest BCUT2D eigenvalue weighted by Crippen LogP contribution is 2.16. The quantitative estimate of drug-likeness (QED) is 0.116. The highest BCUT2D eigenvalue weighted by molar-refractivity contribution is 6.00. The van der Waals surface area contributed by atoms with Crippen LogP contribution in [0, 0.1) is 0 Å². The molecule has 0 spiro atoms. The minimum absolute atomic E-state index is 0.273. The van der Waals surface area contributed by atoms with Crippen LogP contribution in [0.2, 0.25) is 0 Å². The van der Waals surface area contributed by atoms with Crippen LogP contribution in [0.25, 0.3) is 0 Å². The molecule has 0 radical (unpaired) electrons. The third-order valence-corrected chi connectivity index (χ3v) is 3.05. The van der Waals surface area contributed by atoms with Crippen LogP contribution < -0.4 is 0 Å². The Balaban J connectivity index is 4.99. The Labute approximate surface area is 158 Å². The van der Waals surface area contributed by atoms with Crippen molar-refractivity contribution in [2.45, 2.75) is 50.8 Å². The van der Waals surface area contributed by atoms with Gasteiger partial charge in [-0.05, 0) is 25.0 Å². The van der Waals surface area contributed by atoms with Gasteiger partial charge in [0, 0.05) is 0 Å². The lowest BCUT2D eigenvalue weighted by Crippen LogP contribution is -2.50. The minimum atomic E-state index is -3.71. The first-order valence-corrected chi connectivity index (χ1v) is 7.61. The molecule has 158 valence electrons. The van der Waals surface area contributed by atoms with Crippen LogP contribution in [0.5, 0.6) is 0 Å². The van der Waals surface area contributed by atoms with E-state index in [9.17, 15) is 19.2 Å². The van der Waals surface area contributed by atoms with Crippen molar-refractivity contribution in [3.8, 4) is 0 Å². The Kier molecular flexibility index (Phi) is 8.78. The van der Waals surface area contributed by atoms with Gasteiger partial charge in [-0.3, -0.25) is 19.2 Å². The highest BCUT2D eigenvalue weighted by atomic mass is 16.7. The third kappa shape index (κ3) is 8.04. The molecule has 0 heterocycles. The molecule has 2 unspecified atom stereocenters. The van der Waals surface area contributed by atoms with E-state index in [-0.39, 0.29) is 11.1 Å². The molecule has 0 amide bonds. The summed E-state index contributed by atoms with van der Waals surface area (Å²) in [6.45, 7) is 8.70. The molecule has 0 aliphatic carbocycles. The molecule has 12 heteroatoms. The Morgan fingerprint density at radius 3 is 1.14 bits per heavy atom. The van der Waals surface area contributed by atoms with Gasteiger partial charge in [-0.1, -0.05) is 13.2 Å². The van der Waals surface area contributed by atoms with Gasteiger partial charge in [-0.15, -0.1) is 0 Å². The van der Waals surface area contributed by atoms with Crippen LogP contribution in [0.4, 0.5) is 0 Å². The van der Waals surface area contributed by atoms with Crippen molar-refractivity contribution in [1.82, 2.24) is 0 Å². The molecule has 0 aromatic rings. The van der Waals surface area contributed by atoms with Gasteiger partial charge >= 0.3 is 23.9 Å². The van der Waals surface area contributed by atoms with Crippen LogP contribution in [-0.2, 0) is 28.7 Å². The summed E-state index contributed by atoms with van der Waals surface area (Å²) < 4.78 is 8.82. The van der Waals surface area contributed by atoms with Crippen LogP contribution >= 0.6 is 0 Å². The van der Waals surface area contributed by atoms with Gasteiger partial charge in [0.25, 0.3) is 0 Å². The number of carbonyl (C=O) groups is 4. The summed E-state index contributed by atoms with van der Waals surface area (Å²) in [7, 11) is 0. The van der Waals surface area contributed by atoms with Gasteiger partial charge < -0.3 is 40.1 Å². The van der Waals surface area contributed by atoms with Crippen molar-refractivity contribution in [3.05, 3.63) is 24.3 Å². The Morgan fingerprint density at radius 2 is 0.964 bits per heavy atom. The van der Waals surface area contributed by atoms with E-state index < -0.39 is 60.5 Å². The minimum Gasteiger partial charge on any atom is -0.445 e. The van der Waals surface area contributed by atoms with E-state index in [0.717, 1.165) is 13.8 Å². The van der Waals surface area contributed by atoms with Crippen molar-refractivity contribution in [1.29, 1.82) is 0 Å². The lowest BCUT2D eigenvalue weighted by Gasteiger charge is -2.25. The molecule has 0 aliphatic rings.